The summed E-state index contributed by atoms with van der Waals surface area (Å²) in [4.78, 5) is 0. The first-order chi connectivity index (χ1) is 6.29. The maximum absolute atomic E-state index is 5.72. The highest BCUT2D eigenvalue weighted by Gasteiger charge is 2.34. The van der Waals surface area contributed by atoms with Crippen LogP contribution >= 0.6 is 11.6 Å². The third-order valence-corrected chi connectivity index (χ3v) is 2.68. The van der Waals surface area contributed by atoms with Crippen LogP contribution in [-0.2, 0) is 5.88 Å². The van der Waals surface area contributed by atoms with Gasteiger partial charge in [-0.05, 0) is 30.0 Å². The van der Waals surface area contributed by atoms with E-state index in [2.05, 4.69) is 6.92 Å². The van der Waals surface area contributed by atoms with Crippen molar-refractivity contribution in [3.05, 3.63) is 29.8 Å². The van der Waals surface area contributed by atoms with Gasteiger partial charge in [0.1, 0.15) is 11.9 Å². The molecule has 0 bridgehead atoms. The number of alkyl halides is 1. The normalized spacial score (nSPS) is 25.7. The molecule has 1 saturated carbocycles. The molecular weight excluding hydrogens is 184 g/mol. The van der Waals surface area contributed by atoms with Crippen LogP contribution in [0.4, 0.5) is 0 Å². The Hall–Kier alpha value is -0.690. The molecule has 1 aromatic rings. The van der Waals surface area contributed by atoms with Crippen LogP contribution < -0.4 is 4.74 Å². The van der Waals surface area contributed by atoms with E-state index < -0.39 is 0 Å². The second kappa shape index (κ2) is 3.59. The predicted octanol–water partition coefficient (Wildman–Crippen LogP) is 3.21. The fraction of sp³-hybridized carbons (Fsp3) is 0.455. The van der Waals surface area contributed by atoms with Crippen molar-refractivity contribution in [2.45, 2.75) is 25.3 Å². The molecule has 1 aliphatic rings. The van der Waals surface area contributed by atoms with Crippen molar-refractivity contribution >= 4 is 11.6 Å². The van der Waals surface area contributed by atoms with Crippen molar-refractivity contribution in [1.82, 2.24) is 0 Å². The molecule has 2 atom stereocenters. The average molecular weight is 197 g/mol. The highest BCUT2D eigenvalue weighted by molar-refractivity contribution is 6.17. The zero-order valence-electron chi connectivity index (χ0n) is 7.66. The zero-order chi connectivity index (χ0) is 9.26. The van der Waals surface area contributed by atoms with Crippen molar-refractivity contribution in [3.8, 4) is 5.75 Å². The molecule has 70 valence electrons. The fourth-order valence-corrected chi connectivity index (χ4v) is 1.50. The Kier molecular flexibility index (Phi) is 2.45. The summed E-state index contributed by atoms with van der Waals surface area (Å²) in [6.07, 6.45) is 1.62. The van der Waals surface area contributed by atoms with Crippen LogP contribution in [0.5, 0.6) is 5.75 Å². The quantitative estimate of drug-likeness (QED) is 0.675. The summed E-state index contributed by atoms with van der Waals surface area (Å²) in [5.41, 5.74) is 1.12. The van der Waals surface area contributed by atoms with E-state index in [4.69, 9.17) is 16.3 Å². The minimum absolute atomic E-state index is 0.436. The Labute approximate surface area is 83.7 Å². The summed E-state index contributed by atoms with van der Waals surface area (Å²) < 4.78 is 5.72. The molecule has 13 heavy (non-hydrogen) atoms. The van der Waals surface area contributed by atoms with Crippen molar-refractivity contribution in [2.24, 2.45) is 5.92 Å². The Morgan fingerprint density at radius 3 is 2.92 bits per heavy atom. The largest absolute Gasteiger partial charge is 0.490 e. The Balaban J connectivity index is 2.03. The SMILES string of the molecule is C[C@H]1CC1Oc1cccc(CCl)c1. The van der Waals surface area contributed by atoms with E-state index in [1.807, 2.05) is 24.3 Å². The molecule has 0 aromatic heterocycles. The number of halogens is 1. The lowest BCUT2D eigenvalue weighted by molar-refractivity contribution is 0.288. The summed E-state index contributed by atoms with van der Waals surface area (Å²) >= 11 is 5.72. The van der Waals surface area contributed by atoms with E-state index in [0.29, 0.717) is 12.0 Å². The molecule has 1 nitrogen and oxygen atoms in total. The molecule has 0 aliphatic heterocycles. The van der Waals surface area contributed by atoms with Gasteiger partial charge in [0.15, 0.2) is 0 Å². The Morgan fingerprint density at radius 1 is 1.54 bits per heavy atom. The van der Waals surface area contributed by atoms with Gasteiger partial charge in [-0.3, -0.25) is 0 Å². The number of ether oxygens (including phenoxy) is 1. The lowest BCUT2D eigenvalue weighted by atomic mass is 10.2. The van der Waals surface area contributed by atoms with Gasteiger partial charge in [-0.25, -0.2) is 0 Å². The number of hydrogen-bond donors (Lipinski definition) is 0. The Bertz CT molecular complexity index is 298. The van der Waals surface area contributed by atoms with Gasteiger partial charge in [0, 0.05) is 5.88 Å². The molecule has 1 unspecified atom stereocenters. The van der Waals surface area contributed by atoms with Crippen LogP contribution in [0.3, 0.4) is 0 Å². The van der Waals surface area contributed by atoms with Gasteiger partial charge in [0.25, 0.3) is 0 Å². The summed E-state index contributed by atoms with van der Waals surface area (Å²) in [6.45, 7) is 2.20. The summed E-state index contributed by atoms with van der Waals surface area (Å²) in [5.74, 6) is 2.23. The maximum atomic E-state index is 5.72. The molecule has 0 radical (unpaired) electrons. The molecule has 2 heteroatoms. The van der Waals surface area contributed by atoms with Crippen molar-refractivity contribution in [1.29, 1.82) is 0 Å². The molecule has 1 aliphatic carbocycles. The molecule has 0 heterocycles. The van der Waals surface area contributed by atoms with Gasteiger partial charge in [-0.1, -0.05) is 19.1 Å². The summed E-state index contributed by atoms with van der Waals surface area (Å²) in [5, 5.41) is 0. The lowest BCUT2D eigenvalue weighted by Gasteiger charge is -2.05. The molecular formula is C11H13ClO. The summed E-state index contributed by atoms with van der Waals surface area (Å²) in [6, 6.07) is 8.00. The average Bonchev–Trinajstić information content (AvgIpc) is 2.82. The summed E-state index contributed by atoms with van der Waals surface area (Å²) in [7, 11) is 0. The van der Waals surface area contributed by atoms with Gasteiger partial charge >= 0.3 is 0 Å². The Morgan fingerprint density at radius 2 is 2.31 bits per heavy atom. The van der Waals surface area contributed by atoms with Crippen LogP contribution in [0.15, 0.2) is 24.3 Å². The molecule has 0 spiro atoms. The van der Waals surface area contributed by atoms with Gasteiger partial charge in [-0.2, -0.15) is 0 Å². The number of hydrogen-bond acceptors (Lipinski definition) is 1. The second-order valence-electron chi connectivity index (χ2n) is 3.65. The monoisotopic (exact) mass is 196 g/mol. The van der Waals surface area contributed by atoms with E-state index in [1.54, 1.807) is 0 Å². The van der Waals surface area contributed by atoms with Crippen LogP contribution in [0.1, 0.15) is 18.9 Å². The van der Waals surface area contributed by atoms with Gasteiger partial charge in [0.2, 0.25) is 0 Å². The van der Waals surface area contributed by atoms with Crippen LogP contribution in [-0.4, -0.2) is 6.10 Å². The first kappa shape index (κ1) is 8.89. The van der Waals surface area contributed by atoms with E-state index in [1.165, 1.54) is 6.42 Å². The van der Waals surface area contributed by atoms with Crippen LogP contribution in [0.25, 0.3) is 0 Å². The van der Waals surface area contributed by atoms with Crippen molar-refractivity contribution in [2.75, 3.05) is 0 Å². The first-order valence-electron chi connectivity index (χ1n) is 4.61. The first-order valence-corrected chi connectivity index (χ1v) is 5.14. The molecule has 1 aromatic carbocycles. The van der Waals surface area contributed by atoms with E-state index in [0.717, 1.165) is 17.2 Å². The highest BCUT2D eigenvalue weighted by Crippen LogP contribution is 2.34. The maximum Gasteiger partial charge on any atom is 0.120 e. The zero-order valence-corrected chi connectivity index (χ0v) is 8.42. The van der Waals surface area contributed by atoms with E-state index in [9.17, 15) is 0 Å². The molecule has 1 fully saturated rings. The molecule has 0 N–H and O–H groups in total. The molecule has 2 rings (SSSR count). The third-order valence-electron chi connectivity index (χ3n) is 2.38. The van der Waals surface area contributed by atoms with Crippen molar-refractivity contribution in [3.63, 3.8) is 0 Å². The minimum Gasteiger partial charge on any atom is -0.490 e. The molecule has 0 amide bonds. The van der Waals surface area contributed by atoms with Gasteiger partial charge in [0.05, 0.1) is 0 Å². The van der Waals surface area contributed by atoms with Gasteiger partial charge < -0.3 is 4.74 Å². The standard InChI is InChI=1S/C11H13ClO/c1-8-5-11(8)13-10-4-2-3-9(6-10)7-12/h2-4,6,8,11H,5,7H2,1H3/t8-,11?/m0/s1. The fourth-order valence-electron chi connectivity index (χ4n) is 1.33. The topological polar surface area (TPSA) is 9.23 Å². The van der Waals surface area contributed by atoms with E-state index >= 15 is 0 Å². The van der Waals surface area contributed by atoms with Gasteiger partial charge in [-0.15, -0.1) is 11.6 Å². The van der Waals surface area contributed by atoms with E-state index in [-0.39, 0.29) is 0 Å². The number of benzene rings is 1. The highest BCUT2D eigenvalue weighted by atomic mass is 35.5. The second-order valence-corrected chi connectivity index (χ2v) is 3.92. The minimum atomic E-state index is 0.436. The van der Waals surface area contributed by atoms with Crippen LogP contribution in [0, 0.1) is 5.92 Å². The van der Waals surface area contributed by atoms with Crippen molar-refractivity contribution < 1.29 is 4.74 Å². The van der Waals surface area contributed by atoms with Crippen LogP contribution in [0.2, 0.25) is 0 Å². The number of rotatable bonds is 3. The lowest BCUT2D eigenvalue weighted by Crippen LogP contribution is -1.98. The predicted molar refractivity (Wildman–Crippen MR) is 54.2 cm³/mol. The molecule has 0 saturated heterocycles. The smallest absolute Gasteiger partial charge is 0.120 e. The third kappa shape index (κ3) is 2.16.